The highest BCUT2D eigenvalue weighted by Crippen LogP contribution is 2.10. The van der Waals surface area contributed by atoms with Crippen molar-refractivity contribution in [1.29, 1.82) is 0 Å². The molecule has 0 amide bonds. The van der Waals surface area contributed by atoms with Crippen LogP contribution in [0.5, 0.6) is 0 Å². The molecule has 6 heteroatoms. The second-order valence-electron chi connectivity index (χ2n) is 3.17. The minimum Gasteiger partial charge on any atom is -0.409 e. The van der Waals surface area contributed by atoms with Crippen LogP contribution in [0.4, 0.5) is 5.82 Å². The first-order valence-corrected chi connectivity index (χ1v) is 5.03. The van der Waals surface area contributed by atoms with Crippen LogP contribution >= 0.6 is 0 Å². The monoisotopic (exact) mass is 224 g/mol. The highest BCUT2D eigenvalue weighted by Gasteiger charge is 2.07. The van der Waals surface area contributed by atoms with Crippen molar-refractivity contribution < 1.29 is 10.3 Å². The number of aliphatic hydroxyl groups is 1. The number of pyridine rings is 1. The Labute approximate surface area is 94.0 Å². The number of anilines is 1. The van der Waals surface area contributed by atoms with E-state index in [0.717, 1.165) is 6.54 Å². The fourth-order valence-electron chi connectivity index (χ4n) is 1.35. The zero-order valence-corrected chi connectivity index (χ0v) is 9.17. The van der Waals surface area contributed by atoms with Gasteiger partial charge in [-0.25, -0.2) is 4.98 Å². The maximum absolute atomic E-state index is 8.90. The third-order valence-corrected chi connectivity index (χ3v) is 2.18. The summed E-state index contributed by atoms with van der Waals surface area (Å²) in [7, 11) is 0. The van der Waals surface area contributed by atoms with Crippen molar-refractivity contribution in [3.8, 4) is 0 Å². The number of hydrogen-bond donors (Lipinski definition) is 3. The normalized spacial score (nSPS) is 11.5. The second-order valence-corrected chi connectivity index (χ2v) is 3.17. The topological polar surface area (TPSA) is 95.0 Å². The van der Waals surface area contributed by atoms with E-state index in [4.69, 9.17) is 16.0 Å². The van der Waals surface area contributed by atoms with Crippen molar-refractivity contribution in [3.63, 3.8) is 0 Å². The predicted octanol–water partition coefficient (Wildman–Crippen LogP) is -0.00530. The molecule has 1 heterocycles. The molecule has 16 heavy (non-hydrogen) atoms. The van der Waals surface area contributed by atoms with Crippen molar-refractivity contribution >= 4 is 11.7 Å². The number of rotatable bonds is 5. The van der Waals surface area contributed by atoms with Gasteiger partial charge in [0.15, 0.2) is 5.84 Å². The number of aromatic nitrogens is 1. The molecule has 0 fully saturated rings. The number of oxime groups is 1. The number of nitrogens with zero attached hydrogens (tertiary/aromatic N) is 3. The van der Waals surface area contributed by atoms with E-state index in [0.29, 0.717) is 18.1 Å². The Hall–Kier alpha value is -1.82. The molecule has 6 nitrogen and oxygen atoms in total. The van der Waals surface area contributed by atoms with Gasteiger partial charge in [0.1, 0.15) is 11.5 Å². The van der Waals surface area contributed by atoms with Gasteiger partial charge in [0, 0.05) is 13.1 Å². The molecular weight excluding hydrogens is 208 g/mol. The Bertz CT molecular complexity index is 368. The molecule has 1 aromatic rings. The Morgan fingerprint density at radius 3 is 2.88 bits per heavy atom. The smallest absolute Gasteiger partial charge is 0.188 e. The van der Waals surface area contributed by atoms with E-state index >= 15 is 0 Å². The molecule has 0 bridgehead atoms. The lowest BCUT2D eigenvalue weighted by atomic mass is 10.3. The van der Waals surface area contributed by atoms with Gasteiger partial charge in [-0.05, 0) is 19.1 Å². The fourth-order valence-corrected chi connectivity index (χ4v) is 1.35. The average Bonchev–Trinajstić information content (AvgIpc) is 2.35. The van der Waals surface area contributed by atoms with Crippen molar-refractivity contribution in [1.82, 2.24) is 4.98 Å². The van der Waals surface area contributed by atoms with Gasteiger partial charge in [-0.15, -0.1) is 0 Å². The summed E-state index contributed by atoms with van der Waals surface area (Å²) in [5.74, 6) is 0.669. The van der Waals surface area contributed by atoms with Crippen LogP contribution in [0.2, 0.25) is 0 Å². The quantitative estimate of drug-likeness (QED) is 0.283. The highest BCUT2D eigenvalue weighted by atomic mass is 16.4. The Balaban J connectivity index is 2.96. The summed E-state index contributed by atoms with van der Waals surface area (Å²) in [4.78, 5) is 6.13. The van der Waals surface area contributed by atoms with E-state index in [1.54, 1.807) is 12.1 Å². The molecule has 4 N–H and O–H groups in total. The lowest BCUT2D eigenvalue weighted by Crippen LogP contribution is -2.28. The van der Waals surface area contributed by atoms with Crippen molar-refractivity contribution in [2.75, 3.05) is 24.6 Å². The van der Waals surface area contributed by atoms with E-state index in [1.807, 2.05) is 17.9 Å². The van der Waals surface area contributed by atoms with Crippen molar-refractivity contribution in [2.45, 2.75) is 6.92 Å². The van der Waals surface area contributed by atoms with E-state index in [2.05, 4.69) is 10.1 Å². The Kier molecular flexibility index (Phi) is 4.53. The summed E-state index contributed by atoms with van der Waals surface area (Å²) < 4.78 is 0. The molecule has 0 radical (unpaired) electrons. The minimum atomic E-state index is -0.0260. The third kappa shape index (κ3) is 2.83. The van der Waals surface area contributed by atoms with Crippen LogP contribution < -0.4 is 10.6 Å². The molecule has 0 saturated heterocycles. The van der Waals surface area contributed by atoms with Gasteiger partial charge in [-0.2, -0.15) is 0 Å². The minimum absolute atomic E-state index is 0.0260. The van der Waals surface area contributed by atoms with Gasteiger partial charge in [0.05, 0.1) is 6.61 Å². The summed E-state index contributed by atoms with van der Waals surface area (Å²) in [6.45, 7) is 3.26. The molecule has 1 rings (SSSR count). The lowest BCUT2D eigenvalue weighted by molar-refractivity contribution is 0.302. The molecule has 0 atom stereocenters. The number of amidine groups is 1. The first-order chi connectivity index (χ1) is 7.72. The van der Waals surface area contributed by atoms with Crippen LogP contribution in [-0.2, 0) is 0 Å². The Morgan fingerprint density at radius 1 is 1.56 bits per heavy atom. The van der Waals surface area contributed by atoms with Crippen LogP contribution in [0.25, 0.3) is 0 Å². The number of likely N-dealkylation sites (N-methyl/N-ethyl adjacent to an activating group) is 1. The molecular formula is C10H16N4O2. The fraction of sp³-hybridized carbons (Fsp3) is 0.400. The molecule has 0 aliphatic heterocycles. The lowest BCUT2D eigenvalue weighted by Gasteiger charge is -2.20. The average molecular weight is 224 g/mol. The number of aliphatic hydroxyl groups excluding tert-OH is 1. The van der Waals surface area contributed by atoms with Gasteiger partial charge in [-0.3, -0.25) is 0 Å². The molecule has 1 aromatic heterocycles. The number of hydrogen-bond acceptors (Lipinski definition) is 5. The van der Waals surface area contributed by atoms with Gasteiger partial charge in [0.25, 0.3) is 0 Å². The molecule has 88 valence electrons. The third-order valence-electron chi connectivity index (χ3n) is 2.18. The summed E-state index contributed by atoms with van der Waals surface area (Å²) >= 11 is 0. The first kappa shape index (κ1) is 12.3. The Morgan fingerprint density at radius 2 is 2.31 bits per heavy atom. The van der Waals surface area contributed by atoms with Gasteiger partial charge in [0.2, 0.25) is 0 Å². The zero-order chi connectivity index (χ0) is 12.0. The second kappa shape index (κ2) is 5.92. The molecule has 0 aromatic carbocycles. The SMILES string of the molecule is CCN(CCO)c1cccc(C(N)=NO)n1. The van der Waals surface area contributed by atoms with E-state index in [-0.39, 0.29) is 12.4 Å². The standard InChI is InChI=1S/C10H16N4O2/c1-2-14(6-7-15)9-5-3-4-8(12-9)10(11)13-16/h3-5,15-16H,2,6-7H2,1H3,(H2,11,13). The first-order valence-electron chi connectivity index (χ1n) is 5.03. The largest absolute Gasteiger partial charge is 0.409 e. The molecule has 0 aliphatic rings. The zero-order valence-electron chi connectivity index (χ0n) is 9.17. The van der Waals surface area contributed by atoms with Crippen LogP contribution in [0.1, 0.15) is 12.6 Å². The molecule has 0 saturated carbocycles. The maximum atomic E-state index is 8.90. The van der Waals surface area contributed by atoms with Crippen molar-refractivity contribution in [3.05, 3.63) is 23.9 Å². The van der Waals surface area contributed by atoms with Gasteiger partial charge < -0.3 is 20.9 Å². The maximum Gasteiger partial charge on any atom is 0.188 e. The molecule has 0 unspecified atom stereocenters. The van der Waals surface area contributed by atoms with E-state index in [9.17, 15) is 0 Å². The van der Waals surface area contributed by atoms with Crippen LogP contribution in [0.3, 0.4) is 0 Å². The van der Waals surface area contributed by atoms with Crippen LogP contribution in [0, 0.1) is 0 Å². The van der Waals surface area contributed by atoms with Gasteiger partial charge >= 0.3 is 0 Å². The predicted molar refractivity (Wildman–Crippen MR) is 61.7 cm³/mol. The van der Waals surface area contributed by atoms with Crippen LogP contribution in [0.15, 0.2) is 23.4 Å². The number of nitrogens with two attached hydrogens (primary N) is 1. The van der Waals surface area contributed by atoms with Crippen LogP contribution in [-0.4, -0.2) is 40.8 Å². The summed E-state index contributed by atoms with van der Waals surface area (Å²) in [5.41, 5.74) is 5.86. The van der Waals surface area contributed by atoms with E-state index in [1.165, 1.54) is 0 Å². The summed E-state index contributed by atoms with van der Waals surface area (Å²) in [6.07, 6.45) is 0. The van der Waals surface area contributed by atoms with Gasteiger partial charge in [-0.1, -0.05) is 11.2 Å². The molecule has 0 spiro atoms. The van der Waals surface area contributed by atoms with Crippen molar-refractivity contribution in [2.24, 2.45) is 10.9 Å². The highest BCUT2D eigenvalue weighted by molar-refractivity contribution is 5.95. The summed E-state index contributed by atoms with van der Waals surface area (Å²) in [5, 5.41) is 20.3. The summed E-state index contributed by atoms with van der Waals surface area (Å²) in [6, 6.07) is 5.24. The van der Waals surface area contributed by atoms with E-state index < -0.39 is 0 Å². The molecule has 0 aliphatic carbocycles.